The molecule has 0 spiro atoms. The highest BCUT2D eigenvalue weighted by Gasteiger charge is 2.24. The van der Waals surface area contributed by atoms with Crippen LogP contribution in [0.2, 0.25) is 0 Å². The molecule has 3 fully saturated rings. The summed E-state index contributed by atoms with van der Waals surface area (Å²) in [6.45, 7) is 13.3. The van der Waals surface area contributed by atoms with Crippen LogP contribution >= 0.6 is 31.9 Å². The van der Waals surface area contributed by atoms with Crippen molar-refractivity contribution in [1.29, 1.82) is 0 Å². The Morgan fingerprint density at radius 3 is 1.28 bits per heavy atom. The Morgan fingerprint density at radius 1 is 0.597 bits per heavy atom. The second-order valence-electron chi connectivity index (χ2n) is 19.7. The normalized spacial score (nSPS) is 20.9. The molecule has 72 heavy (non-hydrogen) atoms. The smallest absolute Gasteiger partial charge is 0.227 e. The van der Waals surface area contributed by atoms with Crippen molar-refractivity contribution in [3.8, 4) is 0 Å². The molecule has 2 aromatic carbocycles. The zero-order valence-electron chi connectivity index (χ0n) is 42.9. The van der Waals surface area contributed by atoms with E-state index in [1.807, 2.05) is 36.9 Å². The van der Waals surface area contributed by atoms with E-state index in [9.17, 15) is 4.79 Å². The van der Waals surface area contributed by atoms with Crippen LogP contribution in [0.4, 0.5) is 23.5 Å². The molecule has 3 aliphatic carbocycles. The maximum Gasteiger partial charge on any atom is 0.227 e. The van der Waals surface area contributed by atoms with Gasteiger partial charge in [-0.25, -0.2) is 9.97 Å². The second kappa shape index (κ2) is 27.9. The molecule has 392 valence electrons. The highest BCUT2D eigenvalue weighted by molar-refractivity contribution is 9.10. The summed E-state index contributed by atoms with van der Waals surface area (Å²) in [7, 11) is 0. The molecular weight excluding hydrogens is 1040 g/mol. The van der Waals surface area contributed by atoms with E-state index in [4.69, 9.17) is 42.2 Å². The van der Waals surface area contributed by atoms with Gasteiger partial charge in [0.2, 0.25) is 17.8 Å². The first kappa shape index (κ1) is 56.3. The lowest BCUT2D eigenvalue weighted by atomic mass is 9.91. The molecular formula is C52H78Br2N16O2. The number of nitrogens with zero attached hydrogens (tertiary/aromatic N) is 8. The van der Waals surface area contributed by atoms with E-state index < -0.39 is 0 Å². The fourth-order valence-electron chi connectivity index (χ4n) is 8.98. The van der Waals surface area contributed by atoms with Crippen LogP contribution in [0.3, 0.4) is 0 Å². The molecule has 0 radical (unpaired) electrons. The fraction of sp³-hybridized carbons (Fsp3) is 0.558. The van der Waals surface area contributed by atoms with E-state index in [1.54, 1.807) is 13.8 Å². The number of benzene rings is 2. The fourth-order valence-corrected chi connectivity index (χ4v) is 9.51. The van der Waals surface area contributed by atoms with E-state index in [-0.39, 0.29) is 36.7 Å². The monoisotopic (exact) mass is 1120 g/mol. The summed E-state index contributed by atoms with van der Waals surface area (Å²) in [5.41, 5.74) is 22.9. The average molecular weight is 1120 g/mol. The Morgan fingerprint density at radius 2 is 0.931 bits per heavy atom. The zero-order chi connectivity index (χ0) is 51.7. The molecule has 0 aliphatic heterocycles. The standard InChI is InChI=1S/C23H30BrN7O.C21H28BrN7.C6H14N2.C2H6O/c1-14(2)31-13-26-20-21(25-12-16-4-6-17(24)7-5-16)29-23(30-22(20)31)28-19-10-8-18(9-11-19)27-15(3)32;1-13(2)29-12-25-18-19(24-11-14-3-5-15(22)6-4-14)27-21(28-20(18)29)26-17-9-7-16(23)8-10-17;7-5-1-2-6(8)4-3-5;1-2-3/h4-7,13-14,18-19H,8-12H2,1-3H3,(H,27,32)(H2,25,28,29,30);3-6,12-13,16-17H,7-11,23H2,1-2H3,(H2,24,26,27,28);5-6H,1-4,7-8H2;3H,2H2,1H3. The van der Waals surface area contributed by atoms with Gasteiger partial charge in [-0.2, -0.15) is 19.9 Å². The summed E-state index contributed by atoms with van der Waals surface area (Å²) in [5, 5.41) is 24.6. The quantitative estimate of drug-likeness (QED) is 0.0522. The molecule has 4 heterocycles. The van der Waals surface area contributed by atoms with Crippen molar-refractivity contribution in [2.45, 2.75) is 180 Å². The molecule has 9 rings (SSSR count). The lowest BCUT2D eigenvalue weighted by Crippen LogP contribution is -2.39. The number of aliphatic hydroxyl groups excluding tert-OH is 1. The van der Waals surface area contributed by atoms with Gasteiger partial charge in [0.05, 0.1) is 12.7 Å². The predicted octanol–water partition coefficient (Wildman–Crippen LogP) is 9.32. The van der Waals surface area contributed by atoms with Crippen molar-refractivity contribution in [3.05, 3.63) is 81.3 Å². The van der Waals surface area contributed by atoms with E-state index in [0.29, 0.717) is 49.2 Å². The van der Waals surface area contributed by atoms with Crippen molar-refractivity contribution in [1.82, 2.24) is 44.4 Å². The van der Waals surface area contributed by atoms with Crippen molar-refractivity contribution in [3.63, 3.8) is 0 Å². The minimum atomic E-state index is 0.0404. The molecule has 6 aromatic rings. The number of fused-ring (bicyclic) bond motifs is 2. The third kappa shape index (κ3) is 17.0. The van der Waals surface area contributed by atoms with Crippen molar-refractivity contribution < 1.29 is 9.90 Å². The summed E-state index contributed by atoms with van der Waals surface area (Å²) in [4.78, 5) is 39.7. The summed E-state index contributed by atoms with van der Waals surface area (Å²) in [5.74, 6) is 2.79. The molecule has 4 aromatic heterocycles. The van der Waals surface area contributed by atoms with Crippen LogP contribution in [-0.2, 0) is 17.9 Å². The maximum absolute atomic E-state index is 11.3. The van der Waals surface area contributed by atoms with E-state index in [0.717, 1.165) is 126 Å². The Hall–Kier alpha value is -4.99. The SMILES string of the molecule is CC(=O)NC1CCC(Nc2nc(NCc3ccc(Br)cc3)c3ncn(C(C)C)c3n2)CC1.CC(C)n1cnc2c(NCc3ccc(Br)cc3)nc(NC3CCC(N)CC3)nc21.CCO.NC1CCC(N)CC1. The third-order valence-corrected chi connectivity index (χ3v) is 14.1. The number of nitrogens with one attached hydrogen (secondary N) is 5. The number of halogens is 2. The van der Waals surface area contributed by atoms with Gasteiger partial charge in [0.25, 0.3) is 0 Å². The number of anilines is 4. The van der Waals surface area contributed by atoms with Crippen LogP contribution in [-0.4, -0.2) is 92.9 Å². The third-order valence-electron chi connectivity index (χ3n) is 13.1. The van der Waals surface area contributed by atoms with Crippen LogP contribution in [0.15, 0.2) is 70.1 Å². The van der Waals surface area contributed by atoms with E-state index in [1.165, 1.54) is 5.56 Å². The highest BCUT2D eigenvalue weighted by Crippen LogP contribution is 2.29. The molecule has 0 saturated heterocycles. The number of aliphatic hydroxyl groups is 1. The Balaban J connectivity index is 0.000000195. The molecule has 20 heteroatoms. The van der Waals surface area contributed by atoms with Gasteiger partial charge in [0.15, 0.2) is 34.0 Å². The van der Waals surface area contributed by atoms with Gasteiger partial charge in [-0.15, -0.1) is 0 Å². The van der Waals surface area contributed by atoms with Crippen LogP contribution < -0.4 is 43.8 Å². The van der Waals surface area contributed by atoms with Gasteiger partial charge in [-0.3, -0.25) is 4.79 Å². The van der Waals surface area contributed by atoms with Gasteiger partial charge in [0.1, 0.15) is 0 Å². The van der Waals surface area contributed by atoms with Gasteiger partial charge >= 0.3 is 0 Å². The molecule has 3 aliphatic rings. The number of amides is 1. The van der Waals surface area contributed by atoms with Crippen LogP contribution in [0.5, 0.6) is 0 Å². The number of carbonyl (C=O) groups excluding carboxylic acids is 1. The summed E-state index contributed by atoms with van der Waals surface area (Å²) in [6.07, 6.45) is 16.2. The van der Waals surface area contributed by atoms with Gasteiger partial charge in [-0.05, 0) is 147 Å². The number of rotatable bonds is 13. The number of nitrogens with two attached hydrogens (primary N) is 3. The predicted molar refractivity (Wildman–Crippen MR) is 299 cm³/mol. The summed E-state index contributed by atoms with van der Waals surface area (Å²) < 4.78 is 6.28. The Kier molecular flexibility index (Phi) is 21.8. The van der Waals surface area contributed by atoms with Crippen molar-refractivity contribution in [2.75, 3.05) is 27.9 Å². The molecule has 0 unspecified atom stereocenters. The number of imidazole rings is 2. The van der Waals surface area contributed by atoms with E-state index in [2.05, 4.69) is 130 Å². The van der Waals surface area contributed by atoms with Gasteiger partial charge in [0, 0.05) is 83.9 Å². The molecule has 18 nitrogen and oxygen atoms in total. The van der Waals surface area contributed by atoms with E-state index >= 15 is 0 Å². The van der Waals surface area contributed by atoms with Crippen molar-refractivity contribution in [2.24, 2.45) is 17.2 Å². The van der Waals surface area contributed by atoms with Gasteiger partial charge < -0.3 is 58.0 Å². The van der Waals surface area contributed by atoms with Gasteiger partial charge in [-0.1, -0.05) is 56.1 Å². The molecule has 0 atom stereocenters. The topological polar surface area (TPSA) is 263 Å². The number of aromatic nitrogens is 8. The first-order chi connectivity index (χ1) is 34.6. The van der Waals surface area contributed by atoms with Crippen LogP contribution in [0.25, 0.3) is 22.3 Å². The first-order valence-corrected chi connectivity index (χ1v) is 27.3. The lowest BCUT2D eigenvalue weighted by molar-refractivity contribution is -0.119. The number of hydrogen-bond donors (Lipinski definition) is 9. The average Bonchev–Trinajstić information content (AvgIpc) is 4.00. The lowest BCUT2D eigenvalue weighted by Gasteiger charge is -2.29. The zero-order valence-corrected chi connectivity index (χ0v) is 46.1. The number of carbonyl (C=O) groups is 1. The maximum atomic E-state index is 11.3. The largest absolute Gasteiger partial charge is 0.397 e. The minimum Gasteiger partial charge on any atom is -0.397 e. The van der Waals surface area contributed by atoms with Crippen LogP contribution in [0.1, 0.15) is 142 Å². The number of hydrogen-bond acceptors (Lipinski definition) is 15. The molecule has 3 saturated carbocycles. The first-order valence-electron chi connectivity index (χ1n) is 25.7. The molecule has 0 bridgehead atoms. The highest BCUT2D eigenvalue weighted by atomic mass is 79.9. The van der Waals surface area contributed by atoms with Crippen LogP contribution in [0, 0.1) is 0 Å². The molecule has 12 N–H and O–H groups in total. The Bertz CT molecular complexity index is 2560. The second-order valence-corrected chi connectivity index (χ2v) is 21.6. The Labute approximate surface area is 442 Å². The minimum absolute atomic E-state index is 0.0404. The summed E-state index contributed by atoms with van der Waals surface area (Å²) >= 11 is 6.96. The molecule has 1 amide bonds. The van der Waals surface area contributed by atoms with Crippen molar-refractivity contribution >= 4 is 83.6 Å². The summed E-state index contributed by atoms with van der Waals surface area (Å²) in [6, 6.07) is 19.1.